The van der Waals surface area contributed by atoms with Crippen molar-refractivity contribution in [2.45, 2.75) is 51.7 Å². The van der Waals surface area contributed by atoms with Crippen molar-refractivity contribution in [2.24, 2.45) is 5.92 Å². The topological polar surface area (TPSA) is 0 Å². The third kappa shape index (κ3) is 4.72. The molecule has 2 aliphatic rings. The average Bonchev–Trinajstić information content (AvgIpc) is 3.04. The van der Waals surface area contributed by atoms with Gasteiger partial charge < -0.3 is 0 Å². The molecule has 0 bridgehead atoms. The number of allylic oxidation sites excluding steroid dienone is 2. The summed E-state index contributed by atoms with van der Waals surface area (Å²) in [5, 5.41) is 4.11. The number of benzene rings is 2. The second-order valence-electron chi connectivity index (χ2n) is 8.88. The molecule has 0 heterocycles. The maximum Gasteiger partial charge on any atom is 0.0775 e. The van der Waals surface area contributed by atoms with Gasteiger partial charge in [-0.15, -0.1) is 0 Å². The van der Waals surface area contributed by atoms with Crippen LogP contribution in [-0.2, 0) is 26.2 Å². The van der Waals surface area contributed by atoms with Gasteiger partial charge in [-0.05, 0) is 58.0 Å². The van der Waals surface area contributed by atoms with Crippen LogP contribution >= 0.6 is 0 Å². The van der Waals surface area contributed by atoms with Gasteiger partial charge in [-0.2, -0.15) is 0 Å². The van der Waals surface area contributed by atoms with Crippen LogP contribution in [-0.4, -0.2) is 8.07 Å². The quantitative estimate of drug-likeness (QED) is 0.589. The zero-order valence-electron chi connectivity index (χ0n) is 16.8. The standard InChI is InChI=1S/C25H29Si.Zr/c1-26(2,3)23-14-12-21(13-15-23)24-11-7-10-22-17-20(18-25(22)24)16-19-8-5-4-6-9-19;/h7,10-16,18-19H,4-6,8-9H2,1-3H3;. The predicted octanol–water partition coefficient (Wildman–Crippen LogP) is 4.85. The molecular weight excluding hydrogens is 420 g/mol. The minimum absolute atomic E-state index is 0. The maximum absolute atomic E-state index is 3.64. The van der Waals surface area contributed by atoms with Crippen LogP contribution in [0, 0.1) is 5.92 Å². The van der Waals surface area contributed by atoms with Gasteiger partial charge >= 0.3 is 0 Å². The van der Waals surface area contributed by atoms with Gasteiger partial charge in [0.2, 0.25) is 0 Å². The molecule has 0 nitrogen and oxygen atoms in total. The van der Waals surface area contributed by atoms with Gasteiger partial charge in [0.05, 0.1) is 8.07 Å². The normalized spacial score (nSPS) is 18.4. The SMILES string of the molecule is C[Si](C)(C)c1ccc(-c2cccc3c2=CC(=CC2CCCCC2)[C]=3)cc1.[Zr]. The molecule has 4 rings (SSSR count). The Kier molecular flexibility index (Phi) is 6.59. The van der Waals surface area contributed by atoms with Crippen LogP contribution in [0.25, 0.3) is 23.3 Å². The summed E-state index contributed by atoms with van der Waals surface area (Å²) in [4.78, 5) is 0. The molecule has 0 unspecified atom stereocenters. The predicted molar refractivity (Wildman–Crippen MR) is 117 cm³/mol. The van der Waals surface area contributed by atoms with Crippen LogP contribution in [0.2, 0.25) is 19.6 Å². The van der Waals surface area contributed by atoms with Crippen LogP contribution in [0.3, 0.4) is 0 Å². The first kappa shape index (κ1) is 20.7. The van der Waals surface area contributed by atoms with Gasteiger partial charge in [0.15, 0.2) is 0 Å². The van der Waals surface area contributed by atoms with Crippen molar-refractivity contribution in [3.05, 3.63) is 64.6 Å². The smallest absolute Gasteiger partial charge is 0.0735 e. The van der Waals surface area contributed by atoms with E-state index in [1.165, 1.54) is 64.4 Å². The Hall–Kier alpha value is -0.980. The second-order valence-corrected chi connectivity index (χ2v) is 14.0. The largest absolute Gasteiger partial charge is 0.0775 e. The summed E-state index contributed by atoms with van der Waals surface area (Å²) < 4.78 is 0. The van der Waals surface area contributed by atoms with E-state index in [1.807, 2.05) is 0 Å². The Morgan fingerprint density at radius 3 is 2.30 bits per heavy atom. The van der Waals surface area contributed by atoms with Gasteiger partial charge in [-0.25, -0.2) is 0 Å². The number of fused-ring (bicyclic) bond motifs is 1. The van der Waals surface area contributed by atoms with Crippen LogP contribution in [0.5, 0.6) is 0 Å². The van der Waals surface area contributed by atoms with Crippen molar-refractivity contribution >= 4 is 25.4 Å². The third-order valence-corrected chi connectivity index (χ3v) is 7.88. The molecule has 0 amide bonds. The maximum atomic E-state index is 3.64. The molecular formula is C25H29SiZr. The fraction of sp³-hybridized carbons (Fsp3) is 0.360. The number of hydrogen-bond acceptors (Lipinski definition) is 0. The molecule has 2 aliphatic carbocycles. The Morgan fingerprint density at radius 2 is 1.63 bits per heavy atom. The fourth-order valence-electron chi connectivity index (χ4n) is 4.22. The molecule has 0 atom stereocenters. The molecule has 27 heavy (non-hydrogen) atoms. The van der Waals surface area contributed by atoms with Crippen molar-refractivity contribution < 1.29 is 26.2 Å². The van der Waals surface area contributed by atoms with E-state index in [1.54, 1.807) is 0 Å². The van der Waals surface area contributed by atoms with E-state index in [9.17, 15) is 0 Å². The number of rotatable bonds is 3. The summed E-state index contributed by atoms with van der Waals surface area (Å²) in [6.45, 7) is 7.22. The zero-order chi connectivity index (χ0) is 18.1. The van der Waals surface area contributed by atoms with Crippen LogP contribution in [0.4, 0.5) is 0 Å². The minimum Gasteiger partial charge on any atom is -0.0735 e. The van der Waals surface area contributed by atoms with Crippen LogP contribution in [0.1, 0.15) is 32.1 Å². The average molecular weight is 449 g/mol. The third-order valence-electron chi connectivity index (χ3n) is 5.81. The van der Waals surface area contributed by atoms with Crippen LogP contribution < -0.4 is 15.6 Å². The van der Waals surface area contributed by atoms with E-state index < -0.39 is 8.07 Å². The summed E-state index contributed by atoms with van der Waals surface area (Å²) in [5.41, 5.74) is 3.95. The van der Waals surface area contributed by atoms with E-state index >= 15 is 0 Å². The van der Waals surface area contributed by atoms with Crippen molar-refractivity contribution in [3.63, 3.8) is 0 Å². The number of hydrogen-bond donors (Lipinski definition) is 0. The fourth-order valence-corrected chi connectivity index (χ4v) is 5.39. The summed E-state index contributed by atoms with van der Waals surface area (Å²) in [6.07, 6.45) is 15.3. The van der Waals surface area contributed by atoms with Crippen LogP contribution in [0.15, 0.2) is 54.1 Å². The summed E-state index contributed by atoms with van der Waals surface area (Å²) in [5.74, 6) is 0.747. The Morgan fingerprint density at radius 1 is 0.926 bits per heavy atom. The summed E-state index contributed by atoms with van der Waals surface area (Å²) in [7, 11) is -1.24. The van der Waals surface area contributed by atoms with Crippen molar-refractivity contribution in [2.75, 3.05) is 0 Å². The molecule has 1 radical (unpaired) electrons. The molecule has 2 aromatic carbocycles. The first-order chi connectivity index (χ1) is 12.5. The Labute approximate surface area is 184 Å². The molecule has 2 heteroatoms. The Balaban J connectivity index is 0.00000210. The van der Waals surface area contributed by atoms with Gasteiger partial charge in [0.25, 0.3) is 0 Å². The molecule has 0 spiro atoms. The minimum atomic E-state index is -1.24. The molecule has 0 aromatic heterocycles. The second kappa shape index (κ2) is 8.58. The van der Waals surface area contributed by atoms with Crippen molar-refractivity contribution in [1.82, 2.24) is 0 Å². The Bertz CT molecular complexity index is 939. The van der Waals surface area contributed by atoms with Crippen molar-refractivity contribution in [1.29, 1.82) is 0 Å². The van der Waals surface area contributed by atoms with Gasteiger partial charge in [-0.3, -0.25) is 0 Å². The van der Waals surface area contributed by atoms with Gasteiger partial charge in [-0.1, -0.05) is 92.6 Å². The van der Waals surface area contributed by atoms with E-state index in [0.717, 1.165) is 5.92 Å². The first-order valence-electron chi connectivity index (χ1n) is 10.1. The molecule has 2 aromatic rings. The van der Waals surface area contributed by atoms with Gasteiger partial charge in [0, 0.05) is 26.2 Å². The van der Waals surface area contributed by atoms with E-state index in [4.69, 9.17) is 0 Å². The monoisotopic (exact) mass is 447 g/mol. The van der Waals surface area contributed by atoms with Crippen molar-refractivity contribution in [3.8, 4) is 11.1 Å². The molecule has 1 fully saturated rings. The summed E-state index contributed by atoms with van der Waals surface area (Å²) >= 11 is 0. The molecule has 1 saturated carbocycles. The first-order valence-corrected chi connectivity index (χ1v) is 13.6. The van der Waals surface area contributed by atoms with E-state index in [2.05, 4.69) is 80.3 Å². The molecule has 0 N–H and O–H groups in total. The zero-order valence-corrected chi connectivity index (χ0v) is 20.3. The molecule has 0 saturated heterocycles. The van der Waals surface area contributed by atoms with E-state index in [-0.39, 0.29) is 26.2 Å². The molecule has 137 valence electrons. The van der Waals surface area contributed by atoms with Gasteiger partial charge in [0.1, 0.15) is 0 Å². The summed E-state index contributed by atoms with van der Waals surface area (Å²) in [6, 6.07) is 15.9. The molecule has 0 aliphatic heterocycles. The van der Waals surface area contributed by atoms with E-state index in [0.29, 0.717) is 0 Å².